The van der Waals surface area contributed by atoms with Gasteiger partial charge in [-0.05, 0) is 99.8 Å². The van der Waals surface area contributed by atoms with Crippen LogP contribution in [0.3, 0.4) is 0 Å². The summed E-state index contributed by atoms with van der Waals surface area (Å²) >= 11 is 19.8. The molecule has 6 aliphatic rings. The van der Waals surface area contributed by atoms with Gasteiger partial charge in [-0.15, -0.1) is 141 Å². The maximum absolute atomic E-state index is 13.5. The number of carboxylic acid groups (broad SMARTS) is 3. The number of benzene rings is 3. The van der Waals surface area contributed by atoms with Crippen LogP contribution >= 0.6 is 141 Å². The van der Waals surface area contributed by atoms with Crippen molar-refractivity contribution in [2.75, 3.05) is 0 Å². The average Bonchev–Trinajstić information content (AvgIpc) is 3.84. The van der Waals surface area contributed by atoms with Gasteiger partial charge in [0.25, 0.3) is 0 Å². The maximum Gasteiger partial charge on any atom is 0.338 e. The second-order valence-corrected chi connectivity index (χ2v) is 38.3. The molecular weight excluding hydrogens is 961 g/mol. The summed E-state index contributed by atoms with van der Waals surface area (Å²) in [6.45, 7) is 25.8. The highest BCUT2D eigenvalue weighted by atomic mass is 32.2. The third-order valence-corrected chi connectivity index (χ3v) is 26.6. The van der Waals surface area contributed by atoms with Crippen molar-refractivity contribution in [1.29, 1.82) is 0 Å². The van der Waals surface area contributed by atoms with E-state index in [0.29, 0.717) is 16.7 Å². The summed E-state index contributed by atoms with van der Waals surface area (Å²) in [5.74, 6) is -1.87. The first-order chi connectivity index (χ1) is 26.6. The Morgan fingerprint density at radius 1 is 0.276 bits per heavy atom. The molecule has 3 N–H and O–H groups in total. The van der Waals surface area contributed by atoms with E-state index in [0.717, 1.165) is 81.4 Å². The molecule has 0 saturated heterocycles. The van der Waals surface area contributed by atoms with E-state index in [1.807, 2.05) is 0 Å². The van der Waals surface area contributed by atoms with Crippen molar-refractivity contribution in [3.8, 4) is 0 Å². The van der Waals surface area contributed by atoms with E-state index in [9.17, 15) is 29.7 Å². The van der Waals surface area contributed by atoms with Crippen LogP contribution in [-0.4, -0.2) is 57.7 Å². The molecule has 0 atom stereocenters. The van der Waals surface area contributed by atoms with E-state index < -0.39 is 17.9 Å². The van der Waals surface area contributed by atoms with Crippen LogP contribution in [0, 0.1) is 5.92 Å². The number of carbonyl (C=O) groups is 3. The third kappa shape index (κ3) is 7.04. The summed E-state index contributed by atoms with van der Waals surface area (Å²) in [6, 6.07) is 0. The summed E-state index contributed by atoms with van der Waals surface area (Å²) in [5.41, 5.74) is 4.00. The predicted molar refractivity (Wildman–Crippen MR) is 256 cm³/mol. The van der Waals surface area contributed by atoms with Crippen LogP contribution in [0.4, 0.5) is 0 Å². The number of hydrogen-bond acceptors (Lipinski definition) is 15. The largest absolute Gasteiger partial charge is 0.478 e. The molecule has 0 bridgehead atoms. The van der Waals surface area contributed by atoms with Gasteiger partial charge in [-0.1, -0.05) is 0 Å². The smallest absolute Gasteiger partial charge is 0.338 e. The van der Waals surface area contributed by atoms with Crippen molar-refractivity contribution in [1.82, 2.24) is 0 Å². The van der Waals surface area contributed by atoms with Crippen LogP contribution in [0.15, 0.2) is 58.7 Å². The highest BCUT2D eigenvalue weighted by Crippen LogP contribution is 2.74. The quantitative estimate of drug-likeness (QED) is 0.203. The molecule has 0 spiro atoms. The molecule has 0 fully saturated rings. The van der Waals surface area contributed by atoms with Crippen LogP contribution in [-0.2, 0) is 0 Å². The van der Waals surface area contributed by atoms with Gasteiger partial charge in [0.1, 0.15) is 0 Å². The van der Waals surface area contributed by atoms with Crippen molar-refractivity contribution >= 4 is 159 Å². The van der Waals surface area contributed by atoms with Crippen molar-refractivity contribution in [3.05, 3.63) is 39.3 Å². The lowest BCUT2D eigenvalue weighted by molar-refractivity contribution is 0.0677. The van der Waals surface area contributed by atoms with Crippen LogP contribution in [0.5, 0.6) is 0 Å². The minimum Gasteiger partial charge on any atom is -0.478 e. The molecule has 3 aromatic carbocycles. The van der Waals surface area contributed by atoms with Crippen molar-refractivity contribution in [2.45, 2.75) is 166 Å². The minimum absolute atomic E-state index is 0.349. The normalized spacial score (nSPS) is 22.7. The summed E-state index contributed by atoms with van der Waals surface area (Å²) < 4.78 is -2.26. The van der Waals surface area contributed by atoms with E-state index in [4.69, 9.17) is 0 Å². The number of aromatic carboxylic acids is 3. The Morgan fingerprint density at radius 3 is 0.517 bits per heavy atom. The second-order valence-electron chi connectivity index (χ2n) is 17.1. The molecule has 0 aromatic heterocycles. The Morgan fingerprint density at radius 2 is 0.397 bits per heavy atom. The van der Waals surface area contributed by atoms with Crippen molar-refractivity contribution in [3.63, 3.8) is 0 Å². The van der Waals surface area contributed by atoms with E-state index in [2.05, 4.69) is 83.1 Å². The van der Waals surface area contributed by atoms with Crippen LogP contribution in [0.25, 0.3) is 0 Å². The fraction of sp³-hybridized carbons (Fsp3) is 0.450. The van der Waals surface area contributed by atoms with Gasteiger partial charge in [-0.3, -0.25) is 0 Å². The summed E-state index contributed by atoms with van der Waals surface area (Å²) in [5, 5.41) is 33.1. The van der Waals surface area contributed by atoms with Gasteiger partial charge in [0.05, 0.1) is 47.1 Å². The zero-order chi connectivity index (χ0) is 42.2. The van der Waals surface area contributed by atoms with E-state index in [1.165, 1.54) is 0 Å². The summed E-state index contributed by atoms with van der Waals surface area (Å²) in [6.07, 6.45) is 0. The molecule has 9 rings (SSSR count). The molecule has 6 aliphatic heterocycles. The molecular formula is C40H39O6S12. The number of hydrogen-bond donors (Lipinski definition) is 3. The summed E-state index contributed by atoms with van der Waals surface area (Å²) in [4.78, 5) is 50.6. The fourth-order valence-corrected chi connectivity index (χ4v) is 25.6. The number of rotatable bonds is 6. The lowest BCUT2D eigenvalue weighted by Crippen LogP contribution is -2.17. The molecule has 3 aromatic rings. The molecule has 307 valence electrons. The van der Waals surface area contributed by atoms with Gasteiger partial charge in [-0.2, -0.15) is 0 Å². The van der Waals surface area contributed by atoms with E-state index in [1.54, 1.807) is 141 Å². The first-order valence-corrected chi connectivity index (χ1v) is 28.0. The monoisotopic (exact) mass is 999 g/mol. The molecule has 0 saturated carbocycles. The zero-order valence-corrected chi connectivity index (χ0v) is 43.3. The topological polar surface area (TPSA) is 112 Å². The Hall–Kier alpha value is 0.270. The minimum atomic E-state index is -0.942. The zero-order valence-electron chi connectivity index (χ0n) is 33.5. The third-order valence-electron chi connectivity index (χ3n) is 9.53. The Balaban J connectivity index is 1.53. The first kappa shape index (κ1) is 43.5. The molecule has 58 heavy (non-hydrogen) atoms. The molecule has 0 aliphatic carbocycles. The number of thioether (sulfide) groups is 12. The standard InChI is InChI=1S/C40H39O6S12/c1-35(2)47-20-14(21-27(54-36(3,4)48-21)17(32(41)42)26(20)53-35)13(15-22-28(55-37(5,6)49-22)18(33(43)44)29-23(15)50-38(7,8)56-29)16-24-30(57-39(9,10)51-24)19(34(45)46)31-25(16)52-40(11,12)58-31/h1-12H3,(H,41,42)(H,43,44)(H,45,46). The number of fused-ring (bicyclic) bond motifs is 6. The number of carboxylic acids is 3. The Kier molecular flexibility index (Phi) is 10.4. The van der Waals surface area contributed by atoms with Crippen molar-refractivity contribution in [2.24, 2.45) is 0 Å². The predicted octanol–water partition coefficient (Wildman–Crippen LogP) is 15.4. The summed E-state index contributed by atoms with van der Waals surface area (Å²) in [7, 11) is 0. The van der Waals surface area contributed by atoms with E-state index in [-0.39, 0.29) is 24.5 Å². The van der Waals surface area contributed by atoms with E-state index >= 15 is 0 Å². The Bertz CT molecular complexity index is 2080. The highest BCUT2D eigenvalue weighted by Gasteiger charge is 2.54. The van der Waals surface area contributed by atoms with Crippen LogP contribution in [0.1, 0.15) is 131 Å². The van der Waals surface area contributed by atoms with Gasteiger partial charge < -0.3 is 15.3 Å². The molecule has 0 unspecified atom stereocenters. The molecule has 1 radical (unpaired) electrons. The average molecular weight is 1000 g/mol. The first-order valence-electron chi connectivity index (χ1n) is 18.2. The van der Waals surface area contributed by atoms with Gasteiger partial charge >= 0.3 is 17.9 Å². The van der Waals surface area contributed by atoms with Crippen LogP contribution in [0.2, 0.25) is 0 Å². The highest BCUT2D eigenvalue weighted by molar-refractivity contribution is 8.23. The lowest BCUT2D eigenvalue weighted by Gasteiger charge is -2.31. The molecule has 18 heteroatoms. The molecule has 6 heterocycles. The van der Waals surface area contributed by atoms with Gasteiger partial charge in [0, 0.05) is 58.7 Å². The van der Waals surface area contributed by atoms with Gasteiger partial charge in [0.15, 0.2) is 0 Å². The molecule has 6 nitrogen and oxygen atoms in total. The maximum atomic E-state index is 13.5. The van der Waals surface area contributed by atoms with Gasteiger partial charge in [-0.25, -0.2) is 14.4 Å². The second kappa shape index (κ2) is 13.9. The fourth-order valence-electron chi connectivity index (χ4n) is 7.86. The lowest BCUT2D eigenvalue weighted by atomic mass is 9.83. The van der Waals surface area contributed by atoms with Crippen molar-refractivity contribution < 1.29 is 29.7 Å². The Labute approximate surface area is 390 Å². The SMILES string of the molecule is CC1(C)Sc2c(c(C(=O)O)c3c(c2[C](c2c4c(c(C(=O)O)c5c2SC(C)(C)S5)SC(C)(C)S4)c2c4c(c(C(=O)O)c5c2SC(C)(C)S5)SC(C)(C)S4)SC(C)(C)S3)S1. The van der Waals surface area contributed by atoms with Gasteiger partial charge in [0.2, 0.25) is 0 Å². The molecule has 0 amide bonds. The van der Waals surface area contributed by atoms with Crippen LogP contribution < -0.4 is 0 Å².